The highest BCUT2D eigenvalue weighted by Crippen LogP contribution is 2.56. The molecule has 1 aliphatic rings. The Morgan fingerprint density at radius 3 is 1.66 bits per heavy atom. The largest absolute Gasteiger partial charge is 0.456 e. The van der Waals surface area contributed by atoms with Crippen molar-refractivity contribution in [1.29, 1.82) is 0 Å². The molecule has 9 aromatic carbocycles. The summed E-state index contributed by atoms with van der Waals surface area (Å²) in [5.74, 6) is 0. The number of rotatable bonds is 4. The minimum Gasteiger partial charge on any atom is -0.456 e. The van der Waals surface area contributed by atoms with Crippen LogP contribution in [0.15, 0.2) is 211 Å². The molecule has 0 bridgehead atoms. The van der Waals surface area contributed by atoms with Crippen molar-refractivity contribution in [2.24, 2.45) is 0 Å². The second-order valence-electron chi connectivity index (χ2n) is 15.6. The van der Waals surface area contributed by atoms with E-state index in [2.05, 4.69) is 209 Å². The highest BCUT2D eigenvalue weighted by Gasteiger charge is 2.46. The van der Waals surface area contributed by atoms with Crippen molar-refractivity contribution in [3.05, 3.63) is 229 Å². The zero-order valence-corrected chi connectivity index (χ0v) is 31.4. The Morgan fingerprint density at radius 1 is 0.310 bits per heavy atom. The standard InChI is InChI=1S/C55H34N2O/c1-4-16-35(17-5-1)55(36-18-6-2-7-19-36)47-25-13-10-22-39(47)40-29-28-38(30-48(40)55)57-49-26-14-11-23-41(49)43-31-44-45-33-54-46(42-24-12-15-27-53(42)58-54)32-50(45)56(52(44)34-51(43)57)37-20-8-3-9-21-37/h1-34H. The first-order chi connectivity index (χ1) is 28.8. The SMILES string of the molecule is c1ccc(-n2c3cc4c(cc3c3cc5c6ccccc6n(-c6ccc7c(c6)C(c6ccccc6)(c6ccccc6)c6ccccc6-7)c5cc32)oc2ccccc24)cc1. The molecule has 58 heavy (non-hydrogen) atoms. The first-order valence-electron chi connectivity index (χ1n) is 20.0. The van der Waals surface area contributed by atoms with E-state index in [0.29, 0.717) is 0 Å². The van der Waals surface area contributed by atoms with Crippen molar-refractivity contribution in [2.75, 3.05) is 0 Å². The first kappa shape index (κ1) is 31.6. The summed E-state index contributed by atoms with van der Waals surface area (Å²) in [5, 5.41) is 7.09. The number of aromatic nitrogens is 2. The Hall–Kier alpha value is -7.62. The number of hydrogen-bond acceptors (Lipinski definition) is 1. The molecule has 0 aliphatic heterocycles. The fourth-order valence-corrected chi connectivity index (χ4v) is 10.4. The molecule has 3 heterocycles. The van der Waals surface area contributed by atoms with Crippen molar-refractivity contribution in [3.63, 3.8) is 0 Å². The van der Waals surface area contributed by atoms with E-state index in [0.717, 1.165) is 44.3 Å². The van der Waals surface area contributed by atoms with Crippen LogP contribution in [0.4, 0.5) is 0 Å². The molecule has 270 valence electrons. The second kappa shape index (κ2) is 11.7. The van der Waals surface area contributed by atoms with Crippen LogP contribution in [0, 0.1) is 0 Å². The summed E-state index contributed by atoms with van der Waals surface area (Å²) in [6.07, 6.45) is 0. The van der Waals surface area contributed by atoms with Crippen LogP contribution < -0.4 is 0 Å². The van der Waals surface area contributed by atoms with E-state index >= 15 is 0 Å². The maximum absolute atomic E-state index is 6.47. The Balaban J connectivity index is 1.14. The van der Waals surface area contributed by atoms with Crippen molar-refractivity contribution < 1.29 is 4.42 Å². The van der Waals surface area contributed by atoms with Crippen LogP contribution in [0.2, 0.25) is 0 Å². The predicted octanol–water partition coefficient (Wildman–Crippen LogP) is 14.1. The van der Waals surface area contributed by atoms with Gasteiger partial charge in [-0.25, -0.2) is 0 Å². The molecule has 0 amide bonds. The summed E-state index contributed by atoms with van der Waals surface area (Å²) < 4.78 is 11.4. The van der Waals surface area contributed by atoms with Crippen LogP contribution in [0.3, 0.4) is 0 Å². The van der Waals surface area contributed by atoms with Crippen LogP contribution >= 0.6 is 0 Å². The van der Waals surface area contributed by atoms with Gasteiger partial charge in [0.2, 0.25) is 0 Å². The van der Waals surface area contributed by atoms with E-state index in [1.54, 1.807) is 0 Å². The zero-order chi connectivity index (χ0) is 38.0. The van der Waals surface area contributed by atoms with Crippen molar-refractivity contribution in [1.82, 2.24) is 9.13 Å². The number of fused-ring (bicyclic) bond motifs is 12. The monoisotopic (exact) mass is 738 g/mol. The molecule has 3 aromatic heterocycles. The van der Waals surface area contributed by atoms with Gasteiger partial charge in [-0.05, 0) is 94.0 Å². The van der Waals surface area contributed by atoms with Gasteiger partial charge in [-0.1, -0.05) is 146 Å². The molecule has 0 N–H and O–H groups in total. The molecular formula is C55H34N2O. The van der Waals surface area contributed by atoms with Gasteiger partial charge in [0.05, 0.1) is 27.5 Å². The summed E-state index contributed by atoms with van der Waals surface area (Å²) in [7, 11) is 0. The number of para-hydroxylation sites is 3. The number of hydrogen-bond donors (Lipinski definition) is 0. The molecule has 0 saturated carbocycles. The Labute approximate surface area is 334 Å². The van der Waals surface area contributed by atoms with Gasteiger partial charge in [-0.15, -0.1) is 0 Å². The van der Waals surface area contributed by atoms with Gasteiger partial charge >= 0.3 is 0 Å². The lowest BCUT2D eigenvalue weighted by molar-refractivity contribution is 0.669. The summed E-state index contributed by atoms with van der Waals surface area (Å²) in [6.45, 7) is 0. The van der Waals surface area contributed by atoms with E-state index in [9.17, 15) is 0 Å². The van der Waals surface area contributed by atoms with Crippen LogP contribution in [-0.4, -0.2) is 9.13 Å². The molecule has 3 heteroatoms. The number of nitrogens with zero attached hydrogens (tertiary/aromatic N) is 2. The Kier molecular flexibility index (Phi) is 6.37. The summed E-state index contributed by atoms with van der Waals surface area (Å²) >= 11 is 0. The van der Waals surface area contributed by atoms with Crippen molar-refractivity contribution in [2.45, 2.75) is 5.41 Å². The Bertz CT molecular complexity index is 3570. The fourth-order valence-electron chi connectivity index (χ4n) is 10.4. The van der Waals surface area contributed by atoms with Gasteiger partial charge in [-0.3, -0.25) is 0 Å². The molecule has 0 atom stereocenters. The number of benzene rings is 9. The third-order valence-corrected chi connectivity index (χ3v) is 12.8. The summed E-state index contributed by atoms with van der Waals surface area (Å²) in [6, 6.07) is 75.6. The molecule has 0 radical (unpaired) electrons. The van der Waals surface area contributed by atoms with Crippen LogP contribution in [0.25, 0.3) is 88.1 Å². The van der Waals surface area contributed by atoms with Crippen LogP contribution in [0.1, 0.15) is 22.3 Å². The Morgan fingerprint density at radius 2 is 0.879 bits per heavy atom. The third kappa shape index (κ3) is 4.12. The van der Waals surface area contributed by atoms with Gasteiger partial charge in [0.25, 0.3) is 0 Å². The van der Waals surface area contributed by atoms with Gasteiger partial charge in [-0.2, -0.15) is 0 Å². The van der Waals surface area contributed by atoms with Crippen molar-refractivity contribution >= 4 is 65.6 Å². The third-order valence-electron chi connectivity index (χ3n) is 12.8. The lowest BCUT2D eigenvalue weighted by Gasteiger charge is -2.34. The van der Waals surface area contributed by atoms with Crippen molar-refractivity contribution in [3.8, 4) is 22.5 Å². The summed E-state index contributed by atoms with van der Waals surface area (Å²) in [4.78, 5) is 0. The predicted molar refractivity (Wildman–Crippen MR) is 240 cm³/mol. The first-order valence-corrected chi connectivity index (χ1v) is 20.0. The topological polar surface area (TPSA) is 23.0 Å². The number of furan rings is 1. The van der Waals surface area contributed by atoms with E-state index in [4.69, 9.17) is 4.42 Å². The molecule has 1 aliphatic carbocycles. The average Bonchev–Trinajstić information content (AvgIpc) is 4.00. The highest BCUT2D eigenvalue weighted by atomic mass is 16.3. The van der Waals surface area contributed by atoms with Gasteiger partial charge in [0.15, 0.2) is 0 Å². The quantitative estimate of drug-likeness (QED) is 0.176. The summed E-state index contributed by atoms with van der Waals surface area (Å²) in [5.41, 5.74) is 16.0. The molecule has 3 nitrogen and oxygen atoms in total. The van der Waals surface area contributed by atoms with E-state index in [-0.39, 0.29) is 0 Å². The second-order valence-corrected chi connectivity index (χ2v) is 15.6. The minimum atomic E-state index is -0.489. The normalized spacial score (nSPS) is 13.3. The molecule has 13 rings (SSSR count). The highest BCUT2D eigenvalue weighted by molar-refractivity contribution is 6.22. The van der Waals surface area contributed by atoms with Crippen LogP contribution in [-0.2, 0) is 5.41 Å². The average molecular weight is 739 g/mol. The smallest absolute Gasteiger partial charge is 0.136 e. The van der Waals surface area contributed by atoms with Gasteiger partial charge in [0, 0.05) is 43.7 Å². The minimum absolute atomic E-state index is 0.489. The molecule has 0 unspecified atom stereocenters. The van der Waals surface area contributed by atoms with Gasteiger partial charge < -0.3 is 13.6 Å². The maximum atomic E-state index is 6.47. The molecule has 0 fully saturated rings. The maximum Gasteiger partial charge on any atom is 0.136 e. The lowest BCUT2D eigenvalue weighted by atomic mass is 9.67. The lowest BCUT2D eigenvalue weighted by Crippen LogP contribution is -2.28. The van der Waals surface area contributed by atoms with Gasteiger partial charge in [0.1, 0.15) is 11.2 Å². The van der Waals surface area contributed by atoms with E-state index in [1.165, 1.54) is 66.0 Å². The van der Waals surface area contributed by atoms with E-state index < -0.39 is 5.41 Å². The molecule has 0 spiro atoms. The molecule has 12 aromatic rings. The molecular weight excluding hydrogens is 705 g/mol. The van der Waals surface area contributed by atoms with Crippen LogP contribution in [0.5, 0.6) is 0 Å². The fraction of sp³-hybridized carbons (Fsp3) is 0.0182. The molecule has 0 saturated heterocycles. The zero-order valence-electron chi connectivity index (χ0n) is 31.4. The van der Waals surface area contributed by atoms with E-state index in [1.807, 2.05) is 6.07 Å².